The van der Waals surface area contributed by atoms with Crippen LogP contribution in [0.5, 0.6) is 5.75 Å². The number of benzene rings is 1. The fraction of sp³-hybridized carbons (Fsp3) is 0.400. The quantitative estimate of drug-likeness (QED) is 0.892. The molecule has 0 aliphatic carbocycles. The normalized spacial score (nSPS) is 15.0. The van der Waals surface area contributed by atoms with Gasteiger partial charge < -0.3 is 19.8 Å². The molecule has 3 rings (SSSR count). The first-order chi connectivity index (χ1) is 10.1. The predicted molar refractivity (Wildman–Crippen MR) is 80.6 cm³/mol. The Morgan fingerprint density at radius 1 is 1.48 bits per heavy atom. The van der Waals surface area contributed by atoms with Crippen molar-refractivity contribution in [1.29, 1.82) is 0 Å². The van der Waals surface area contributed by atoms with Crippen LogP contribution in [0.25, 0.3) is 10.9 Å². The van der Waals surface area contributed by atoms with Crippen molar-refractivity contribution >= 4 is 28.4 Å². The number of nitrogens with one attached hydrogen (secondary N) is 2. The molecule has 2 heterocycles. The number of aromatic nitrogens is 1. The van der Waals surface area contributed by atoms with E-state index in [0.717, 1.165) is 29.8 Å². The number of halogens is 1. The van der Waals surface area contributed by atoms with Gasteiger partial charge in [0.15, 0.2) is 0 Å². The number of rotatable bonds is 5. The average molecular weight is 309 g/mol. The molecule has 0 saturated carbocycles. The first kappa shape index (κ1) is 14.2. The maximum absolute atomic E-state index is 10.9. The van der Waals surface area contributed by atoms with E-state index in [2.05, 4.69) is 10.3 Å². The first-order valence-corrected chi connectivity index (χ1v) is 7.26. The number of hydrogen-bond acceptors (Lipinski definition) is 3. The van der Waals surface area contributed by atoms with E-state index in [0.29, 0.717) is 29.8 Å². The van der Waals surface area contributed by atoms with Crippen molar-refractivity contribution in [2.24, 2.45) is 5.92 Å². The lowest BCUT2D eigenvalue weighted by atomic mass is 10.1. The van der Waals surface area contributed by atoms with Gasteiger partial charge in [0.05, 0.1) is 31.4 Å². The number of hydrogen-bond donors (Lipinski definition) is 2. The Kier molecular flexibility index (Phi) is 4.03. The minimum atomic E-state index is -0.0570. The molecule has 2 aromatic rings. The number of carbonyl (C=O) groups is 1. The maximum atomic E-state index is 10.9. The van der Waals surface area contributed by atoms with E-state index in [9.17, 15) is 4.79 Å². The summed E-state index contributed by atoms with van der Waals surface area (Å²) in [7, 11) is 0. The standard InChI is InChI=1S/C15H17ClN2O3/c1-9(19)17-5-12-2-11-3-13(16)15(4-14(11)18-12)21-8-10-6-20-7-10/h2-4,10,18H,5-8H2,1H3,(H,17,19). The summed E-state index contributed by atoms with van der Waals surface area (Å²) >= 11 is 6.24. The van der Waals surface area contributed by atoms with E-state index in [1.807, 2.05) is 18.2 Å². The van der Waals surface area contributed by atoms with Gasteiger partial charge in [-0.25, -0.2) is 0 Å². The molecule has 1 aromatic carbocycles. The fourth-order valence-electron chi connectivity index (χ4n) is 2.21. The third-order valence-corrected chi connectivity index (χ3v) is 3.73. The smallest absolute Gasteiger partial charge is 0.217 e. The molecule has 6 heteroatoms. The lowest BCUT2D eigenvalue weighted by Gasteiger charge is -2.25. The van der Waals surface area contributed by atoms with Crippen LogP contribution >= 0.6 is 11.6 Å². The molecule has 1 saturated heterocycles. The molecule has 1 aliphatic rings. The van der Waals surface area contributed by atoms with Crippen LogP contribution in [0.1, 0.15) is 12.6 Å². The van der Waals surface area contributed by atoms with Crippen LogP contribution < -0.4 is 10.1 Å². The number of ether oxygens (including phenoxy) is 2. The van der Waals surface area contributed by atoms with Gasteiger partial charge in [-0.15, -0.1) is 0 Å². The zero-order chi connectivity index (χ0) is 14.8. The highest BCUT2D eigenvalue weighted by molar-refractivity contribution is 6.32. The number of H-pyrrole nitrogens is 1. The van der Waals surface area contributed by atoms with Gasteiger partial charge in [-0.3, -0.25) is 4.79 Å². The SMILES string of the molecule is CC(=O)NCc1cc2cc(Cl)c(OCC3COC3)cc2[nH]1. The Balaban J connectivity index is 1.75. The maximum Gasteiger partial charge on any atom is 0.217 e. The van der Waals surface area contributed by atoms with Crippen molar-refractivity contribution in [3.05, 3.63) is 28.9 Å². The summed E-state index contributed by atoms with van der Waals surface area (Å²) in [4.78, 5) is 14.2. The topological polar surface area (TPSA) is 63.4 Å². The molecule has 112 valence electrons. The Hall–Kier alpha value is -1.72. The van der Waals surface area contributed by atoms with Crippen LogP contribution in [-0.2, 0) is 16.1 Å². The summed E-state index contributed by atoms with van der Waals surface area (Å²) in [5.41, 5.74) is 1.88. The zero-order valence-electron chi connectivity index (χ0n) is 11.7. The van der Waals surface area contributed by atoms with Crippen molar-refractivity contribution in [1.82, 2.24) is 10.3 Å². The zero-order valence-corrected chi connectivity index (χ0v) is 12.5. The van der Waals surface area contributed by atoms with Crippen molar-refractivity contribution in [2.45, 2.75) is 13.5 Å². The van der Waals surface area contributed by atoms with Gasteiger partial charge in [-0.1, -0.05) is 11.6 Å². The summed E-state index contributed by atoms with van der Waals surface area (Å²) in [6.45, 7) is 4.09. The molecule has 0 bridgehead atoms. The van der Waals surface area contributed by atoms with Gasteiger partial charge in [0.1, 0.15) is 5.75 Å². The number of aromatic amines is 1. The lowest BCUT2D eigenvalue weighted by Crippen LogP contribution is -2.32. The van der Waals surface area contributed by atoms with Crippen molar-refractivity contribution in [3.63, 3.8) is 0 Å². The summed E-state index contributed by atoms with van der Waals surface area (Å²) in [6, 6.07) is 5.74. The highest BCUT2D eigenvalue weighted by Gasteiger charge is 2.19. The molecule has 1 aliphatic heterocycles. The third kappa shape index (κ3) is 3.31. The second-order valence-electron chi connectivity index (χ2n) is 5.29. The minimum absolute atomic E-state index is 0.0570. The summed E-state index contributed by atoms with van der Waals surface area (Å²) in [5.74, 6) is 1.07. The highest BCUT2D eigenvalue weighted by atomic mass is 35.5. The number of amides is 1. The number of carbonyl (C=O) groups excluding carboxylic acids is 1. The van der Waals surface area contributed by atoms with Crippen molar-refractivity contribution in [3.8, 4) is 5.75 Å². The van der Waals surface area contributed by atoms with Gasteiger partial charge in [-0.2, -0.15) is 0 Å². The molecule has 1 amide bonds. The third-order valence-electron chi connectivity index (χ3n) is 3.44. The first-order valence-electron chi connectivity index (χ1n) is 6.88. The Morgan fingerprint density at radius 2 is 2.29 bits per heavy atom. The van der Waals surface area contributed by atoms with Gasteiger partial charge in [0, 0.05) is 35.5 Å². The molecule has 0 unspecified atom stereocenters. The molecule has 2 N–H and O–H groups in total. The number of fused-ring (bicyclic) bond motifs is 1. The molecule has 5 nitrogen and oxygen atoms in total. The van der Waals surface area contributed by atoms with Gasteiger partial charge in [0.25, 0.3) is 0 Å². The molecule has 0 radical (unpaired) electrons. The van der Waals surface area contributed by atoms with Crippen LogP contribution in [0.15, 0.2) is 18.2 Å². The Labute approximate surface area is 127 Å². The van der Waals surface area contributed by atoms with Gasteiger partial charge >= 0.3 is 0 Å². The van der Waals surface area contributed by atoms with Gasteiger partial charge in [0.2, 0.25) is 5.91 Å². The Bertz CT molecular complexity index is 664. The lowest BCUT2D eigenvalue weighted by molar-refractivity contribution is -0.119. The van der Waals surface area contributed by atoms with Gasteiger partial charge in [-0.05, 0) is 12.1 Å². The van der Waals surface area contributed by atoms with E-state index >= 15 is 0 Å². The minimum Gasteiger partial charge on any atom is -0.491 e. The van der Waals surface area contributed by atoms with E-state index in [1.165, 1.54) is 6.92 Å². The van der Waals surface area contributed by atoms with Crippen LogP contribution in [0.3, 0.4) is 0 Å². The van der Waals surface area contributed by atoms with Crippen LogP contribution in [0.2, 0.25) is 5.02 Å². The van der Waals surface area contributed by atoms with E-state index in [4.69, 9.17) is 21.1 Å². The van der Waals surface area contributed by atoms with E-state index in [1.54, 1.807) is 0 Å². The Morgan fingerprint density at radius 3 is 2.95 bits per heavy atom. The van der Waals surface area contributed by atoms with Crippen LogP contribution in [0, 0.1) is 5.92 Å². The second-order valence-corrected chi connectivity index (χ2v) is 5.70. The molecular formula is C15H17ClN2O3. The second kappa shape index (κ2) is 5.95. The van der Waals surface area contributed by atoms with E-state index < -0.39 is 0 Å². The van der Waals surface area contributed by atoms with Crippen molar-refractivity contribution in [2.75, 3.05) is 19.8 Å². The largest absolute Gasteiger partial charge is 0.491 e. The fourth-order valence-corrected chi connectivity index (χ4v) is 2.43. The molecule has 0 spiro atoms. The summed E-state index contributed by atoms with van der Waals surface area (Å²) in [6.07, 6.45) is 0. The molecular weight excluding hydrogens is 292 g/mol. The van der Waals surface area contributed by atoms with Crippen LogP contribution in [0.4, 0.5) is 0 Å². The predicted octanol–water partition coefficient (Wildman–Crippen LogP) is 2.48. The average Bonchev–Trinajstić information content (AvgIpc) is 2.76. The molecule has 1 fully saturated rings. The summed E-state index contributed by atoms with van der Waals surface area (Å²) < 4.78 is 10.9. The highest BCUT2D eigenvalue weighted by Crippen LogP contribution is 2.31. The van der Waals surface area contributed by atoms with E-state index in [-0.39, 0.29) is 5.91 Å². The molecule has 0 atom stereocenters. The monoisotopic (exact) mass is 308 g/mol. The summed E-state index contributed by atoms with van der Waals surface area (Å²) in [5, 5.41) is 4.35. The molecule has 1 aromatic heterocycles. The van der Waals surface area contributed by atoms with Crippen molar-refractivity contribution < 1.29 is 14.3 Å². The molecule has 21 heavy (non-hydrogen) atoms. The van der Waals surface area contributed by atoms with Crippen LogP contribution in [-0.4, -0.2) is 30.7 Å².